The summed E-state index contributed by atoms with van der Waals surface area (Å²) >= 11 is 6.39. The van der Waals surface area contributed by atoms with E-state index < -0.39 is 35.9 Å². The van der Waals surface area contributed by atoms with Gasteiger partial charge in [-0.3, -0.25) is 4.79 Å². The van der Waals surface area contributed by atoms with Crippen molar-refractivity contribution in [1.29, 1.82) is 0 Å². The second kappa shape index (κ2) is 8.17. The maximum atomic E-state index is 12.1. The van der Waals surface area contributed by atoms with Gasteiger partial charge in [0, 0.05) is 5.02 Å². The van der Waals surface area contributed by atoms with Crippen LogP contribution in [0.5, 0.6) is 5.75 Å². The van der Waals surface area contributed by atoms with Crippen molar-refractivity contribution in [2.45, 2.75) is 43.4 Å². The average molecular weight is 434 g/mol. The summed E-state index contributed by atoms with van der Waals surface area (Å²) in [6.45, 7) is 2.59. The van der Waals surface area contributed by atoms with Gasteiger partial charge in [-0.05, 0) is 48.2 Å². The fraction of sp³-hybridized carbons (Fsp3) is 0.409. The van der Waals surface area contributed by atoms with E-state index in [0.29, 0.717) is 23.6 Å². The molecule has 7 nitrogen and oxygen atoms in total. The number of benzene rings is 2. The van der Waals surface area contributed by atoms with Gasteiger partial charge < -0.3 is 30.1 Å². The van der Waals surface area contributed by atoms with E-state index in [-0.39, 0.29) is 6.54 Å². The quantitative estimate of drug-likeness (QED) is 0.530. The Balaban J connectivity index is 1.60. The molecule has 0 aromatic heterocycles. The molecule has 4 rings (SSSR count). The number of halogens is 1. The number of β-lactam (4-membered cyclic amide) rings is 1. The second-order valence-corrected chi connectivity index (χ2v) is 8.05. The van der Waals surface area contributed by atoms with E-state index in [1.807, 2.05) is 31.2 Å². The van der Waals surface area contributed by atoms with E-state index in [4.69, 9.17) is 21.1 Å². The van der Waals surface area contributed by atoms with Crippen molar-refractivity contribution >= 4 is 17.5 Å². The van der Waals surface area contributed by atoms with E-state index in [0.717, 1.165) is 16.9 Å². The Labute approximate surface area is 179 Å². The van der Waals surface area contributed by atoms with Crippen LogP contribution in [-0.2, 0) is 16.0 Å². The van der Waals surface area contributed by atoms with Crippen molar-refractivity contribution in [2.24, 2.45) is 0 Å². The van der Waals surface area contributed by atoms with Gasteiger partial charge in [0.25, 0.3) is 5.91 Å². The molecule has 1 unspecified atom stereocenters. The molecule has 2 aliphatic rings. The standard InChI is InChI=1S/C22H24ClNO6/c1-2-29-15-6-3-12(4-7-15)9-14-10-13(5-8-16(14)23)19-17(25)18(26)20(27)22(30-19)11-24-21(22)28/h3-8,10,17-20,25-27H,2,9,11H2,1H3,(H,24,28)/t17-,18-,19+,20+,22?/m1/s1. The summed E-state index contributed by atoms with van der Waals surface area (Å²) in [5.74, 6) is 0.283. The Morgan fingerprint density at radius 3 is 2.50 bits per heavy atom. The topological polar surface area (TPSA) is 108 Å². The van der Waals surface area contributed by atoms with Crippen LogP contribution in [0.1, 0.15) is 29.7 Å². The largest absolute Gasteiger partial charge is 0.494 e. The molecule has 8 heteroatoms. The van der Waals surface area contributed by atoms with Crippen LogP contribution in [0.4, 0.5) is 0 Å². The molecule has 1 spiro atoms. The molecule has 0 aliphatic carbocycles. The highest BCUT2D eigenvalue weighted by molar-refractivity contribution is 6.31. The third-order valence-electron chi connectivity index (χ3n) is 5.72. The monoisotopic (exact) mass is 433 g/mol. The minimum absolute atomic E-state index is 0.0694. The van der Waals surface area contributed by atoms with E-state index in [1.165, 1.54) is 0 Å². The van der Waals surface area contributed by atoms with Crippen molar-refractivity contribution in [3.8, 4) is 5.75 Å². The second-order valence-electron chi connectivity index (χ2n) is 7.64. The lowest BCUT2D eigenvalue weighted by atomic mass is 9.78. The number of rotatable bonds is 5. The first-order valence-corrected chi connectivity index (χ1v) is 10.2. The minimum atomic E-state index is -1.56. The number of aliphatic hydroxyl groups excluding tert-OH is 3. The summed E-state index contributed by atoms with van der Waals surface area (Å²) in [6, 6.07) is 12.9. The highest BCUT2D eigenvalue weighted by Gasteiger charge is 2.62. The van der Waals surface area contributed by atoms with Crippen molar-refractivity contribution in [3.05, 3.63) is 64.2 Å². The third kappa shape index (κ3) is 3.57. The van der Waals surface area contributed by atoms with Crippen molar-refractivity contribution in [2.75, 3.05) is 13.2 Å². The highest BCUT2D eigenvalue weighted by Crippen LogP contribution is 2.41. The van der Waals surface area contributed by atoms with Gasteiger partial charge >= 0.3 is 0 Å². The number of carbonyl (C=O) groups excluding carboxylic acids is 1. The SMILES string of the molecule is CCOc1ccc(Cc2cc([C@@H]3OC4(CNC4=O)[C@@H](O)[C@H](O)[C@H]3O)ccc2Cl)cc1. The molecule has 2 heterocycles. The fourth-order valence-electron chi connectivity index (χ4n) is 3.94. The summed E-state index contributed by atoms with van der Waals surface area (Å²) in [5.41, 5.74) is 0.839. The molecule has 2 aromatic carbocycles. The molecule has 2 aliphatic heterocycles. The van der Waals surface area contributed by atoms with Crippen molar-refractivity contribution in [3.63, 3.8) is 0 Å². The molecule has 0 saturated carbocycles. The summed E-state index contributed by atoms with van der Waals surface area (Å²) in [5, 5.41) is 34.2. The molecule has 30 heavy (non-hydrogen) atoms. The number of hydrogen-bond donors (Lipinski definition) is 4. The van der Waals surface area contributed by atoms with Crippen molar-refractivity contribution in [1.82, 2.24) is 5.32 Å². The number of hydrogen-bond acceptors (Lipinski definition) is 6. The Bertz CT molecular complexity index is 936. The number of amides is 1. The van der Waals surface area contributed by atoms with Gasteiger partial charge in [-0.2, -0.15) is 0 Å². The Morgan fingerprint density at radius 1 is 1.17 bits per heavy atom. The zero-order valence-electron chi connectivity index (χ0n) is 16.4. The number of ether oxygens (including phenoxy) is 2. The fourth-order valence-corrected chi connectivity index (χ4v) is 4.12. The van der Waals surface area contributed by atoms with E-state index in [1.54, 1.807) is 18.2 Å². The average Bonchev–Trinajstić information content (AvgIpc) is 2.74. The summed E-state index contributed by atoms with van der Waals surface area (Å²) in [6.07, 6.45) is -4.85. The predicted molar refractivity (Wildman–Crippen MR) is 109 cm³/mol. The van der Waals surface area contributed by atoms with Gasteiger partial charge in [0.2, 0.25) is 0 Å². The van der Waals surface area contributed by atoms with Crippen LogP contribution in [0.15, 0.2) is 42.5 Å². The molecule has 5 atom stereocenters. The normalized spacial score (nSPS) is 30.6. The van der Waals surface area contributed by atoms with Gasteiger partial charge in [0.15, 0.2) is 5.60 Å². The minimum Gasteiger partial charge on any atom is -0.494 e. The maximum Gasteiger partial charge on any atom is 0.257 e. The van der Waals surface area contributed by atoms with Crippen LogP contribution >= 0.6 is 11.6 Å². The lowest BCUT2D eigenvalue weighted by Crippen LogP contribution is -2.77. The van der Waals surface area contributed by atoms with Crippen LogP contribution in [0.25, 0.3) is 0 Å². The van der Waals surface area contributed by atoms with Crippen LogP contribution in [-0.4, -0.2) is 58.3 Å². The lowest BCUT2D eigenvalue weighted by Gasteiger charge is -2.52. The molecule has 2 fully saturated rings. The maximum absolute atomic E-state index is 12.1. The van der Waals surface area contributed by atoms with Crippen LogP contribution in [0.3, 0.4) is 0 Å². The first kappa shape index (κ1) is 21.1. The molecule has 2 aromatic rings. The van der Waals surface area contributed by atoms with Gasteiger partial charge in [-0.15, -0.1) is 0 Å². The van der Waals surface area contributed by atoms with Gasteiger partial charge in [0.05, 0.1) is 13.2 Å². The number of carbonyl (C=O) groups is 1. The molecule has 0 radical (unpaired) electrons. The Morgan fingerprint density at radius 2 is 1.90 bits per heavy atom. The molecule has 1 amide bonds. The highest BCUT2D eigenvalue weighted by atomic mass is 35.5. The summed E-state index contributed by atoms with van der Waals surface area (Å²) < 4.78 is 11.3. The molecule has 160 valence electrons. The summed E-state index contributed by atoms with van der Waals surface area (Å²) in [4.78, 5) is 12.1. The zero-order valence-corrected chi connectivity index (χ0v) is 17.2. The Hall–Kier alpha value is -2.16. The molecular formula is C22H24ClNO6. The summed E-state index contributed by atoms with van der Waals surface area (Å²) in [7, 11) is 0. The third-order valence-corrected chi connectivity index (χ3v) is 6.09. The van der Waals surface area contributed by atoms with Crippen LogP contribution in [0, 0.1) is 0 Å². The first-order chi connectivity index (χ1) is 14.4. The molecule has 2 saturated heterocycles. The van der Waals surface area contributed by atoms with Gasteiger partial charge in [-0.25, -0.2) is 0 Å². The van der Waals surface area contributed by atoms with Crippen molar-refractivity contribution < 1.29 is 29.6 Å². The van der Waals surface area contributed by atoms with Crippen LogP contribution in [0.2, 0.25) is 5.02 Å². The lowest BCUT2D eigenvalue weighted by molar-refractivity contribution is -0.273. The smallest absolute Gasteiger partial charge is 0.257 e. The van der Waals surface area contributed by atoms with E-state index in [9.17, 15) is 20.1 Å². The Kier molecular flexibility index (Phi) is 5.74. The van der Waals surface area contributed by atoms with E-state index >= 15 is 0 Å². The predicted octanol–water partition coefficient (Wildman–Crippen LogP) is 1.35. The molecule has 4 N–H and O–H groups in total. The van der Waals surface area contributed by atoms with Gasteiger partial charge in [0.1, 0.15) is 30.2 Å². The van der Waals surface area contributed by atoms with Gasteiger partial charge in [-0.1, -0.05) is 35.9 Å². The zero-order chi connectivity index (χ0) is 21.5. The molecule has 0 bridgehead atoms. The molecular weight excluding hydrogens is 410 g/mol. The number of nitrogens with one attached hydrogen (secondary N) is 1. The van der Waals surface area contributed by atoms with Crippen LogP contribution < -0.4 is 10.1 Å². The van der Waals surface area contributed by atoms with E-state index in [2.05, 4.69) is 5.32 Å². The first-order valence-electron chi connectivity index (χ1n) is 9.86. The number of aliphatic hydroxyl groups is 3.